The van der Waals surface area contributed by atoms with E-state index in [-0.39, 0.29) is 5.41 Å². The average Bonchev–Trinajstić information content (AvgIpc) is 3.76. The molecule has 0 radical (unpaired) electrons. The molecular weight excluding hydrogens is 693 g/mol. The highest BCUT2D eigenvalue weighted by Crippen LogP contribution is 2.46. The summed E-state index contributed by atoms with van der Waals surface area (Å²) in [6.45, 7) is 9.39. The van der Waals surface area contributed by atoms with Gasteiger partial charge in [-0.1, -0.05) is 179 Å². The molecule has 1 aliphatic heterocycles. The van der Waals surface area contributed by atoms with E-state index in [1.807, 2.05) is 23.9 Å². The molecular formula is C49H40N2OSSi. The fourth-order valence-corrected chi connectivity index (χ4v) is 15.6. The molecule has 1 aliphatic rings. The number of hydrogen-bond donors (Lipinski definition) is 0. The van der Waals surface area contributed by atoms with Crippen LogP contribution in [0.3, 0.4) is 0 Å². The minimum absolute atomic E-state index is 0.168. The summed E-state index contributed by atoms with van der Waals surface area (Å²) >= 11 is 1.95. The lowest BCUT2D eigenvalue weighted by molar-refractivity contribution is 0.592. The summed E-state index contributed by atoms with van der Waals surface area (Å²) in [5.74, 6) is 0.921. The molecule has 5 heteroatoms. The standard InChI is InChI=1S/C49H40N2OSSi/c1-32-36-21-11-14-27-44(36)53-47-37(32)22-16-28-45(47)54(33-17-7-5-8-18-33,34-19-9-6-10-20-34)35-29-30-38(40(31-35)49(2,3)4)39-23-15-26-43-46(39)52-48-50-41-24-12-13-25-42(41)51(43)48/h5-32H,1-4H3. The summed E-state index contributed by atoms with van der Waals surface area (Å²) in [6, 6.07) is 60.8. The van der Waals surface area contributed by atoms with Crippen LogP contribution in [0.4, 0.5) is 0 Å². The van der Waals surface area contributed by atoms with E-state index >= 15 is 0 Å². The number of rotatable bonds is 5. The summed E-state index contributed by atoms with van der Waals surface area (Å²) in [5.41, 5.74) is 10.1. The van der Waals surface area contributed by atoms with E-state index in [9.17, 15) is 0 Å². The summed E-state index contributed by atoms with van der Waals surface area (Å²) < 4.78 is 8.81. The van der Waals surface area contributed by atoms with Gasteiger partial charge in [0.25, 0.3) is 0 Å². The van der Waals surface area contributed by atoms with E-state index in [4.69, 9.17) is 9.40 Å². The Labute approximate surface area is 321 Å². The Morgan fingerprint density at radius 1 is 0.611 bits per heavy atom. The molecule has 0 N–H and O–H groups in total. The van der Waals surface area contributed by atoms with Crippen molar-refractivity contribution >= 4 is 68.6 Å². The van der Waals surface area contributed by atoms with Crippen molar-refractivity contribution in [3.8, 4) is 11.1 Å². The molecule has 0 bridgehead atoms. The Bertz CT molecular complexity index is 2830. The maximum atomic E-state index is 6.65. The van der Waals surface area contributed by atoms with Gasteiger partial charge < -0.3 is 4.42 Å². The molecule has 54 heavy (non-hydrogen) atoms. The monoisotopic (exact) mass is 732 g/mol. The van der Waals surface area contributed by atoms with E-state index in [2.05, 4.69) is 184 Å². The van der Waals surface area contributed by atoms with E-state index in [0.717, 1.165) is 27.7 Å². The van der Waals surface area contributed by atoms with Crippen molar-refractivity contribution in [2.45, 2.75) is 48.8 Å². The van der Waals surface area contributed by atoms with Gasteiger partial charge in [-0.15, -0.1) is 0 Å². The number of oxazole rings is 1. The van der Waals surface area contributed by atoms with Crippen molar-refractivity contribution in [3.63, 3.8) is 0 Å². The molecule has 7 aromatic carbocycles. The number of fused-ring (bicyclic) bond motifs is 7. The van der Waals surface area contributed by atoms with Gasteiger partial charge >= 0.3 is 5.84 Å². The third-order valence-corrected chi connectivity index (χ3v) is 17.7. The lowest BCUT2D eigenvalue weighted by Crippen LogP contribution is -2.75. The van der Waals surface area contributed by atoms with E-state index in [1.54, 1.807) is 0 Å². The first-order valence-electron chi connectivity index (χ1n) is 18.8. The Morgan fingerprint density at radius 2 is 1.26 bits per heavy atom. The van der Waals surface area contributed by atoms with Gasteiger partial charge in [0.1, 0.15) is 0 Å². The summed E-state index contributed by atoms with van der Waals surface area (Å²) in [7, 11) is -2.92. The van der Waals surface area contributed by atoms with Crippen LogP contribution in [0.1, 0.15) is 50.3 Å². The molecule has 0 aliphatic carbocycles. The van der Waals surface area contributed by atoms with Crippen LogP contribution >= 0.6 is 11.8 Å². The molecule has 3 nitrogen and oxygen atoms in total. The summed E-state index contributed by atoms with van der Waals surface area (Å²) in [5, 5.41) is 5.58. The molecule has 0 amide bonds. The number of imidazole rings is 1. The zero-order valence-corrected chi connectivity index (χ0v) is 32.7. The quantitative estimate of drug-likeness (QED) is 0.130. The predicted molar refractivity (Wildman–Crippen MR) is 228 cm³/mol. The number of para-hydroxylation sites is 3. The highest BCUT2D eigenvalue weighted by Gasteiger charge is 2.45. The molecule has 1 unspecified atom stereocenters. The predicted octanol–water partition coefficient (Wildman–Crippen LogP) is 10.2. The van der Waals surface area contributed by atoms with Gasteiger partial charge in [-0.05, 0) is 72.7 Å². The summed E-state index contributed by atoms with van der Waals surface area (Å²) in [4.78, 5) is 7.62. The Hall–Kier alpha value is -5.62. The molecule has 0 fully saturated rings. The molecule has 262 valence electrons. The highest BCUT2D eigenvalue weighted by molar-refractivity contribution is 7.99. The van der Waals surface area contributed by atoms with Gasteiger partial charge in [0.05, 0.1) is 16.6 Å². The second-order valence-electron chi connectivity index (χ2n) is 15.6. The Morgan fingerprint density at radius 3 is 2.02 bits per heavy atom. The van der Waals surface area contributed by atoms with Crippen LogP contribution in [0.15, 0.2) is 178 Å². The molecule has 1 atom stereocenters. The van der Waals surface area contributed by atoms with Crippen molar-refractivity contribution in [2.75, 3.05) is 0 Å². The lowest BCUT2D eigenvalue weighted by atomic mass is 9.81. The van der Waals surface area contributed by atoms with Crippen molar-refractivity contribution in [1.82, 2.24) is 9.38 Å². The SMILES string of the molecule is CC1c2ccccc2Sc2c1cccc2[Si](c1ccccc1)(c1ccccc1)c1ccc(-c2cccc3c2oc2nc4ccccc4n23)c(C(C)(C)C)c1. The van der Waals surface area contributed by atoms with Gasteiger partial charge in [0.2, 0.25) is 0 Å². The van der Waals surface area contributed by atoms with Crippen LogP contribution in [-0.2, 0) is 5.41 Å². The minimum atomic E-state index is -2.92. The fourth-order valence-electron chi connectivity index (χ4n) is 8.91. The summed E-state index contributed by atoms with van der Waals surface area (Å²) in [6.07, 6.45) is 0. The van der Waals surface area contributed by atoms with Crippen molar-refractivity contribution < 1.29 is 4.42 Å². The van der Waals surface area contributed by atoms with E-state index in [1.165, 1.54) is 52.8 Å². The fraction of sp³-hybridized carbons (Fsp3) is 0.122. The molecule has 2 aromatic heterocycles. The number of benzene rings is 7. The zero-order chi connectivity index (χ0) is 36.6. The molecule has 0 saturated carbocycles. The third kappa shape index (κ3) is 4.92. The molecule has 0 saturated heterocycles. The molecule has 10 rings (SSSR count). The molecule has 3 heterocycles. The van der Waals surface area contributed by atoms with E-state index in [0.29, 0.717) is 11.8 Å². The first kappa shape index (κ1) is 33.0. The zero-order valence-electron chi connectivity index (χ0n) is 30.9. The second kappa shape index (κ2) is 12.5. The number of hydrogen-bond acceptors (Lipinski definition) is 3. The smallest absolute Gasteiger partial charge is 0.307 e. The van der Waals surface area contributed by atoms with Crippen LogP contribution < -0.4 is 20.7 Å². The Balaban J connectivity index is 1.27. The minimum Gasteiger partial charge on any atom is -0.422 e. The van der Waals surface area contributed by atoms with Crippen LogP contribution in [0, 0.1) is 0 Å². The van der Waals surface area contributed by atoms with Crippen molar-refractivity contribution in [3.05, 3.63) is 180 Å². The first-order valence-corrected chi connectivity index (χ1v) is 21.6. The topological polar surface area (TPSA) is 30.4 Å². The maximum Gasteiger partial charge on any atom is 0.307 e. The van der Waals surface area contributed by atoms with Crippen LogP contribution in [0.5, 0.6) is 0 Å². The first-order chi connectivity index (χ1) is 26.3. The van der Waals surface area contributed by atoms with Gasteiger partial charge in [-0.25, -0.2) is 0 Å². The normalized spacial score (nSPS) is 14.4. The van der Waals surface area contributed by atoms with Gasteiger partial charge in [-0.3, -0.25) is 4.40 Å². The second-order valence-corrected chi connectivity index (χ2v) is 20.4. The lowest BCUT2D eigenvalue weighted by Gasteiger charge is -2.39. The number of nitrogens with zero attached hydrogens (tertiary/aromatic N) is 2. The van der Waals surface area contributed by atoms with Gasteiger partial charge in [0.15, 0.2) is 13.7 Å². The van der Waals surface area contributed by atoms with E-state index < -0.39 is 8.07 Å². The van der Waals surface area contributed by atoms with Crippen molar-refractivity contribution in [2.24, 2.45) is 0 Å². The molecule has 9 aromatic rings. The average molecular weight is 733 g/mol. The van der Waals surface area contributed by atoms with Gasteiger partial charge in [0, 0.05) is 21.3 Å². The van der Waals surface area contributed by atoms with Crippen molar-refractivity contribution in [1.29, 1.82) is 0 Å². The largest absolute Gasteiger partial charge is 0.422 e. The maximum absolute atomic E-state index is 6.65. The Kier molecular flexibility index (Phi) is 7.62. The number of aromatic nitrogens is 2. The van der Waals surface area contributed by atoms with Crippen LogP contribution in [0.2, 0.25) is 0 Å². The van der Waals surface area contributed by atoms with Crippen LogP contribution in [-0.4, -0.2) is 17.5 Å². The highest BCUT2D eigenvalue weighted by atomic mass is 32.2. The molecule has 0 spiro atoms. The third-order valence-electron chi connectivity index (χ3n) is 11.4. The van der Waals surface area contributed by atoms with Crippen LogP contribution in [0.25, 0.3) is 39.1 Å². The van der Waals surface area contributed by atoms with Gasteiger partial charge in [-0.2, -0.15) is 4.98 Å².